The molecule has 1 aliphatic carbocycles. The molecule has 250 valence electrons. The number of nitrogens with zero attached hydrogens (tertiary/aromatic N) is 3. The summed E-state index contributed by atoms with van der Waals surface area (Å²) in [5.41, 5.74) is 5.02. The van der Waals surface area contributed by atoms with E-state index in [2.05, 4.69) is 15.7 Å². The van der Waals surface area contributed by atoms with Gasteiger partial charge in [-0.2, -0.15) is 5.10 Å². The Morgan fingerprint density at radius 2 is 1.69 bits per heavy atom. The molecule has 1 saturated heterocycles. The number of rotatable bonds is 11. The molecule has 0 bridgehead atoms. The van der Waals surface area contributed by atoms with Gasteiger partial charge in [0.1, 0.15) is 31.6 Å². The van der Waals surface area contributed by atoms with Gasteiger partial charge in [0.15, 0.2) is 5.76 Å². The number of carbonyl (C=O) groups excluding carboxylic acids is 4. The first kappa shape index (κ1) is 32.6. The summed E-state index contributed by atoms with van der Waals surface area (Å²) in [6.45, 7) is 2.98. The average molecular weight is 666 g/mol. The Labute approximate surface area is 279 Å². The molecular weight excluding hydrogens is 634 g/mol. The van der Waals surface area contributed by atoms with E-state index in [-0.39, 0.29) is 48.8 Å². The van der Waals surface area contributed by atoms with Crippen LogP contribution < -0.4 is 10.6 Å². The van der Waals surface area contributed by atoms with E-state index in [0.717, 1.165) is 27.3 Å². The molecule has 1 aromatic heterocycles. The van der Waals surface area contributed by atoms with Gasteiger partial charge in [-0.1, -0.05) is 62.4 Å². The normalized spacial score (nSPS) is 14.5. The minimum Gasteiger partial charge on any atom is -0.459 e. The van der Waals surface area contributed by atoms with Crippen molar-refractivity contribution in [3.63, 3.8) is 0 Å². The molecular formula is C35H31N5O9. The van der Waals surface area contributed by atoms with Gasteiger partial charge in [0.2, 0.25) is 5.91 Å². The highest BCUT2D eigenvalue weighted by atomic mass is 16.6. The number of hydrogen-bond acceptors (Lipinski definition) is 10. The monoisotopic (exact) mass is 665 g/mol. The lowest BCUT2D eigenvalue weighted by molar-refractivity contribution is -0.384. The summed E-state index contributed by atoms with van der Waals surface area (Å²) in [4.78, 5) is 60.4. The zero-order valence-electron chi connectivity index (χ0n) is 26.5. The van der Waals surface area contributed by atoms with Crippen LogP contribution in [0.4, 0.5) is 15.3 Å². The molecule has 2 heterocycles. The Kier molecular flexibility index (Phi) is 9.20. The highest BCUT2D eigenvalue weighted by Gasteiger charge is 2.31. The Morgan fingerprint density at radius 1 is 1.04 bits per heavy atom. The van der Waals surface area contributed by atoms with Crippen LogP contribution in [0.25, 0.3) is 22.5 Å². The number of imide groups is 1. The maximum Gasteiger partial charge on any atom is 0.407 e. The third-order valence-corrected chi connectivity index (χ3v) is 8.20. The number of amides is 4. The number of fused-ring (bicyclic) bond motifs is 3. The molecule has 4 amide bonds. The van der Waals surface area contributed by atoms with E-state index in [1.165, 1.54) is 30.5 Å². The number of furan rings is 1. The molecule has 4 aromatic rings. The van der Waals surface area contributed by atoms with Gasteiger partial charge in [-0.3, -0.25) is 20.2 Å². The Balaban J connectivity index is 1.14. The van der Waals surface area contributed by atoms with E-state index in [9.17, 15) is 29.3 Å². The standard InChI is InChI=1S/C35H31N5O9/c1-20(2)32(38-35(44)48-19-28-26-9-5-3-7-24(26)25-8-4-6-10-27(25)28)33(42)47-18-22-15-29(21-11-13-23(14-12-21)40(45)46)49-30(22)16-36-39-17-31(41)37-34(39)43/h3-16,20,28,32H,17-19H2,1-2H3,(H,38,44)(H,37,41,43)/b36-16+/t32-/m0/s1. The van der Waals surface area contributed by atoms with E-state index in [1.807, 2.05) is 48.5 Å². The van der Waals surface area contributed by atoms with Gasteiger partial charge in [-0.25, -0.2) is 19.4 Å². The number of non-ortho nitro benzene ring substituents is 1. The highest BCUT2D eigenvalue weighted by molar-refractivity contribution is 6.02. The summed E-state index contributed by atoms with van der Waals surface area (Å²) < 4.78 is 17.2. The number of hydrogen-bond donors (Lipinski definition) is 2. The predicted molar refractivity (Wildman–Crippen MR) is 175 cm³/mol. The summed E-state index contributed by atoms with van der Waals surface area (Å²) in [6.07, 6.45) is 0.429. The Bertz CT molecular complexity index is 1920. The van der Waals surface area contributed by atoms with Crippen LogP contribution in [-0.4, -0.2) is 59.3 Å². The summed E-state index contributed by atoms with van der Waals surface area (Å²) in [7, 11) is 0. The maximum absolute atomic E-state index is 13.3. The molecule has 1 aliphatic heterocycles. The topological polar surface area (TPSA) is 183 Å². The van der Waals surface area contributed by atoms with Crippen molar-refractivity contribution in [2.75, 3.05) is 13.2 Å². The van der Waals surface area contributed by atoms with E-state index >= 15 is 0 Å². The Hall–Kier alpha value is -6.31. The molecule has 0 unspecified atom stereocenters. The molecule has 0 spiro atoms. The SMILES string of the molecule is CC(C)[C@H](NC(=O)OCC1c2ccccc2-c2ccccc21)C(=O)OCc1cc(-c2ccc([N+](=O)[O-])cc2)oc1/C=N/N1CC(=O)NC1=O. The van der Waals surface area contributed by atoms with Crippen molar-refractivity contribution in [3.05, 3.63) is 111 Å². The lowest BCUT2D eigenvalue weighted by atomic mass is 9.98. The number of carbonyl (C=O) groups is 4. The number of urea groups is 1. The van der Waals surface area contributed by atoms with Crippen LogP contribution in [-0.2, 0) is 25.7 Å². The quantitative estimate of drug-likeness (QED) is 0.0701. The number of hydrazone groups is 1. The molecule has 1 atom stereocenters. The molecule has 2 aliphatic rings. The molecule has 1 fully saturated rings. The number of nitrogens with one attached hydrogen (secondary N) is 2. The van der Waals surface area contributed by atoms with E-state index in [4.69, 9.17) is 13.9 Å². The third-order valence-electron chi connectivity index (χ3n) is 8.20. The number of esters is 1. The van der Waals surface area contributed by atoms with Crippen LogP contribution >= 0.6 is 0 Å². The molecule has 3 aromatic carbocycles. The molecule has 6 rings (SSSR count). The van der Waals surface area contributed by atoms with Crippen molar-refractivity contribution in [1.82, 2.24) is 15.6 Å². The molecule has 0 radical (unpaired) electrons. The first-order chi connectivity index (χ1) is 23.6. The second kappa shape index (κ2) is 13.8. The van der Waals surface area contributed by atoms with Crippen LogP contribution in [0.5, 0.6) is 0 Å². The number of benzene rings is 3. The van der Waals surface area contributed by atoms with Crippen LogP contribution in [0.15, 0.2) is 88.4 Å². The van der Waals surface area contributed by atoms with Gasteiger partial charge in [-0.15, -0.1) is 0 Å². The highest BCUT2D eigenvalue weighted by Crippen LogP contribution is 2.44. The van der Waals surface area contributed by atoms with Gasteiger partial charge in [0.05, 0.1) is 11.1 Å². The minimum atomic E-state index is -1.05. The average Bonchev–Trinajstić information content (AvgIpc) is 3.76. The van der Waals surface area contributed by atoms with E-state index < -0.39 is 35.0 Å². The van der Waals surface area contributed by atoms with Crippen molar-refractivity contribution in [1.29, 1.82) is 0 Å². The summed E-state index contributed by atoms with van der Waals surface area (Å²) in [5, 5.41) is 20.8. The molecule has 14 heteroatoms. The van der Waals surface area contributed by atoms with Gasteiger partial charge in [-0.05, 0) is 46.4 Å². The van der Waals surface area contributed by atoms with Crippen molar-refractivity contribution in [2.24, 2.45) is 11.0 Å². The van der Waals surface area contributed by atoms with Crippen LogP contribution in [0.3, 0.4) is 0 Å². The lowest BCUT2D eigenvalue weighted by Crippen LogP contribution is -2.45. The maximum atomic E-state index is 13.3. The second-order valence-electron chi connectivity index (χ2n) is 11.8. The Morgan fingerprint density at radius 3 is 2.29 bits per heavy atom. The summed E-state index contributed by atoms with van der Waals surface area (Å²) >= 11 is 0. The van der Waals surface area contributed by atoms with Crippen molar-refractivity contribution in [3.8, 4) is 22.5 Å². The van der Waals surface area contributed by atoms with Crippen molar-refractivity contribution < 1.29 is 38.0 Å². The second-order valence-corrected chi connectivity index (χ2v) is 11.8. The van der Waals surface area contributed by atoms with Gasteiger partial charge < -0.3 is 19.2 Å². The van der Waals surface area contributed by atoms with Crippen LogP contribution in [0.2, 0.25) is 0 Å². The first-order valence-corrected chi connectivity index (χ1v) is 15.4. The third kappa shape index (κ3) is 7.02. The minimum absolute atomic E-state index is 0.0729. The zero-order valence-corrected chi connectivity index (χ0v) is 26.5. The zero-order chi connectivity index (χ0) is 34.7. The van der Waals surface area contributed by atoms with Gasteiger partial charge in [0, 0.05) is 29.2 Å². The molecule has 2 N–H and O–H groups in total. The fourth-order valence-electron chi connectivity index (χ4n) is 5.70. The van der Waals surface area contributed by atoms with Crippen LogP contribution in [0, 0.1) is 16.0 Å². The summed E-state index contributed by atoms with van der Waals surface area (Å²) in [5.74, 6) is -1.38. The smallest absolute Gasteiger partial charge is 0.407 e. The number of alkyl carbamates (subject to hydrolysis) is 1. The van der Waals surface area contributed by atoms with Crippen molar-refractivity contribution >= 4 is 35.9 Å². The molecule has 14 nitrogen and oxygen atoms in total. The summed E-state index contributed by atoms with van der Waals surface area (Å²) in [6, 6.07) is 21.3. The van der Waals surface area contributed by atoms with Gasteiger partial charge in [0.25, 0.3) is 5.69 Å². The predicted octanol–water partition coefficient (Wildman–Crippen LogP) is 5.35. The first-order valence-electron chi connectivity index (χ1n) is 15.4. The number of ether oxygens (including phenoxy) is 2. The van der Waals surface area contributed by atoms with Gasteiger partial charge >= 0.3 is 18.1 Å². The molecule has 49 heavy (non-hydrogen) atoms. The van der Waals surface area contributed by atoms with E-state index in [1.54, 1.807) is 19.9 Å². The van der Waals surface area contributed by atoms with E-state index in [0.29, 0.717) is 11.1 Å². The molecule has 0 saturated carbocycles. The fraction of sp³-hybridized carbons (Fsp3) is 0.229. The fourth-order valence-corrected chi connectivity index (χ4v) is 5.70. The largest absolute Gasteiger partial charge is 0.459 e. The lowest BCUT2D eigenvalue weighted by Gasteiger charge is -2.21. The van der Waals surface area contributed by atoms with Crippen LogP contribution in [0.1, 0.15) is 42.2 Å². The van der Waals surface area contributed by atoms with Crippen molar-refractivity contribution in [2.45, 2.75) is 32.4 Å². The number of nitro benzene ring substituents is 1. The number of nitro groups is 1.